The molecule has 0 bridgehead atoms. The van der Waals surface area contributed by atoms with Gasteiger partial charge in [0.05, 0.1) is 30.7 Å². The molecule has 0 atom stereocenters. The summed E-state index contributed by atoms with van der Waals surface area (Å²) in [5, 5.41) is 7.62. The predicted octanol–water partition coefficient (Wildman–Crippen LogP) is 1.50. The van der Waals surface area contributed by atoms with Crippen LogP contribution in [0.5, 0.6) is 0 Å². The minimum absolute atomic E-state index is 0.104. The van der Waals surface area contributed by atoms with Crippen LogP contribution < -0.4 is 5.32 Å². The Morgan fingerprint density at radius 3 is 2.71 bits per heavy atom. The van der Waals surface area contributed by atoms with Gasteiger partial charge in [0.15, 0.2) is 0 Å². The molecule has 128 valence electrons. The summed E-state index contributed by atoms with van der Waals surface area (Å²) in [6, 6.07) is 0.668. The van der Waals surface area contributed by atoms with Crippen LogP contribution >= 0.6 is 0 Å². The van der Waals surface area contributed by atoms with E-state index in [0.29, 0.717) is 12.6 Å². The summed E-state index contributed by atoms with van der Waals surface area (Å²) in [5.41, 5.74) is 1.83. The van der Waals surface area contributed by atoms with E-state index < -0.39 is 0 Å². The maximum absolute atomic E-state index is 11.9. The van der Waals surface area contributed by atoms with Gasteiger partial charge in [0, 0.05) is 30.2 Å². The van der Waals surface area contributed by atoms with Gasteiger partial charge >= 0.3 is 0 Å². The van der Waals surface area contributed by atoms with Crippen LogP contribution in [0.25, 0.3) is 11.3 Å². The molecule has 7 nitrogen and oxygen atoms in total. The van der Waals surface area contributed by atoms with Crippen molar-refractivity contribution in [3.63, 3.8) is 0 Å². The number of nitrogens with one attached hydrogen (secondary N) is 1. The molecular formula is C17H24N6O. The molecule has 0 saturated heterocycles. The Labute approximate surface area is 142 Å². The van der Waals surface area contributed by atoms with Crippen molar-refractivity contribution in [2.24, 2.45) is 0 Å². The molecule has 7 heteroatoms. The summed E-state index contributed by atoms with van der Waals surface area (Å²) in [6.07, 6.45) is 13.0. The largest absolute Gasteiger partial charge is 0.352 e. The number of likely N-dealkylation sites (N-methyl/N-ethyl adjacent to an activating group) is 1. The SMILES string of the molecule is CN(C)CC(=O)NC1CCC(n2cc(-c3cnccn3)cn2)CC1. The molecule has 3 rings (SSSR count). The van der Waals surface area contributed by atoms with E-state index in [2.05, 4.69) is 20.4 Å². The Kier molecular flexibility index (Phi) is 5.20. The number of carbonyl (C=O) groups is 1. The van der Waals surface area contributed by atoms with Crippen LogP contribution in [-0.2, 0) is 4.79 Å². The summed E-state index contributed by atoms with van der Waals surface area (Å²) >= 11 is 0. The van der Waals surface area contributed by atoms with Crippen molar-refractivity contribution >= 4 is 5.91 Å². The van der Waals surface area contributed by atoms with Crippen LogP contribution in [0.4, 0.5) is 0 Å². The molecule has 0 aromatic carbocycles. The molecule has 0 unspecified atom stereocenters. The Morgan fingerprint density at radius 2 is 2.04 bits per heavy atom. The van der Waals surface area contributed by atoms with Gasteiger partial charge in [0.1, 0.15) is 0 Å². The highest BCUT2D eigenvalue weighted by molar-refractivity contribution is 5.78. The summed E-state index contributed by atoms with van der Waals surface area (Å²) in [5.74, 6) is 0.104. The van der Waals surface area contributed by atoms with Gasteiger partial charge < -0.3 is 10.2 Å². The summed E-state index contributed by atoms with van der Waals surface area (Å²) in [7, 11) is 3.81. The quantitative estimate of drug-likeness (QED) is 0.900. The predicted molar refractivity (Wildman–Crippen MR) is 91.2 cm³/mol. The van der Waals surface area contributed by atoms with Crippen molar-refractivity contribution < 1.29 is 4.79 Å². The second kappa shape index (κ2) is 7.53. The Hall–Kier alpha value is -2.28. The minimum Gasteiger partial charge on any atom is -0.352 e. The third-order valence-electron chi connectivity index (χ3n) is 4.36. The van der Waals surface area contributed by atoms with Gasteiger partial charge in [0.2, 0.25) is 5.91 Å². The molecule has 1 saturated carbocycles. The first-order valence-electron chi connectivity index (χ1n) is 8.36. The Balaban J connectivity index is 1.54. The van der Waals surface area contributed by atoms with E-state index in [0.717, 1.165) is 36.9 Å². The lowest BCUT2D eigenvalue weighted by atomic mass is 9.91. The smallest absolute Gasteiger partial charge is 0.234 e. The van der Waals surface area contributed by atoms with E-state index in [9.17, 15) is 4.79 Å². The van der Waals surface area contributed by atoms with Gasteiger partial charge in [-0.3, -0.25) is 19.4 Å². The highest BCUT2D eigenvalue weighted by Crippen LogP contribution is 2.29. The molecule has 2 aromatic rings. The highest BCUT2D eigenvalue weighted by Gasteiger charge is 2.24. The van der Waals surface area contributed by atoms with Gasteiger partial charge in [-0.1, -0.05) is 0 Å². The highest BCUT2D eigenvalue weighted by atomic mass is 16.2. The average molecular weight is 328 g/mol. The number of aromatic nitrogens is 4. The maximum Gasteiger partial charge on any atom is 0.234 e. The second-order valence-electron chi connectivity index (χ2n) is 6.61. The van der Waals surface area contributed by atoms with Gasteiger partial charge in [0.25, 0.3) is 0 Å². The molecule has 0 radical (unpaired) electrons. The zero-order valence-corrected chi connectivity index (χ0v) is 14.2. The lowest BCUT2D eigenvalue weighted by Crippen LogP contribution is -2.42. The molecule has 1 N–H and O–H groups in total. The first-order valence-corrected chi connectivity index (χ1v) is 8.36. The normalized spacial score (nSPS) is 21.0. The fourth-order valence-electron chi connectivity index (χ4n) is 3.16. The van der Waals surface area contributed by atoms with E-state index in [4.69, 9.17) is 0 Å². The Morgan fingerprint density at radius 1 is 1.25 bits per heavy atom. The first kappa shape index (κ1) is 16.6. The Bertz CT molecular complexity index is 661. The molecule has 1 aliphatic carbocycles. The average Bonchev–Trinajstić information content (AvgIpc) is 3.05. The van der Waals surface area contributed by atoms with Gasteiger partial charge in [-0.2, -0.15) is 5.10 Å². The van der Waals surface area contributed by atoms with Crippen molar-refractivity contribution in [2.75, 3.05) is 20.6 Å². The van der Waals surface area contributed by atoms with E-state index in [1.54, 1.807) is 18.6 Å². The summed E-state index contributed by atoms with van der Waals surface area (Å²) in [6.45, 7) is 0.445. The minimum atomic E-state index is 0.104. The molecular weight excluding hydrogens is 304 g/mol. The van der Waals surface area contributed by atoms with Gasteiger partial charge in [-0.05, 0) is 39.8 Å². The standard InChI is InChI=1S/C17H24N6O/c1-22(2)12-17(24)21-14-3-5-15(6-4-14)23-11-13(9-20-23)16-10-18-7-8-19-16/h7-11,14-15H,3-6,12H2,1-2H3,(H,21,24). The van der Waals surface area contributed by atoms with E-state index in [-0.39, 0.29) is 11.9 Å². The number of hydrogen-bond acceptors (Lipinski definition) is 5. The van der Waals surface area contributed by atoms with Crippen molar-refractivity contribution in [1.82, 2.24) is 30.0 Å². The molecule has 0 spiro atoms. The van der Waals surface area contributed by atoms with Crippen LogP contribution in [0.15, 0.2) is 31.0 Å². The zero-order chi connectivity index (χ0) is 16.9. The summed E-state index contributed by atoms with van der Waals surface area (Å²) < 4.78 is 2.03. The van der Waals surface area contributed by atoms with Gasteiger partial charge in [-0.25, -0.2) is 0 Å². The van der Waals surface area contributed by atoms with Crippen LogP contribution in [0.3, 0.4) is 0 Å². The number of amides is 1. The summed E-state index contributed by atoms with van der Waals surface area (Å²) in [4.78, 5) is 22.1. The van der Waals surface area contributed by atoms with E-state index in [1.165, 1.54) is 0 Å². The fourth-order valence-corrected chi connectivity index (χ4v) is 3.16. The van der Waals surface area contributed by atoms with Crippen molar-refractivity contribution in [2.45, 2.75) is 37.8 Å². The third kappa shape index (κ3) is 4.17. The molecule has 2 aromatic heterocycles. The van der Waals surface area contributed by atoms with Crippen LogP contribution in [0, 0.1) is 0 Å². The van der Waals surface area contributed by atoms with Crippen LogP contribution in [0.2, 0.25) is 0 Å². The number of hydrogen-bond donors (Lipinski definition) is 1. The first-order chi connectivity index (χ1) is 11.6. The van der Waals surface area contributed by atoms with Crippen LogP contribution in [-0.4, -0.2) is 57.2 Å². The lowest BCUT2D eigenvalue weighted by Gasteiger charge is -2.29. The van der Waals surface area contributed by atoms with Gasteiger partial charge in [-0.15, -0.1) is 0 Å². The third-order valence-corrected chi connectivity index (χ3v) is 4.36. The van der Waals surface area contributed by atoms with Crippen molar-refractivity contribution in [1.29, 1.82) is 0 Å². The van der Waals surface area contributed by atoms with Crippen molar-refractivity contribution in [3.05, 3.63) is 31.0 Å². The fraction of sp³-hybridized carbons (Fsp3) is 0.529. The number of carbonyl (C=O) groups excluding carboxylic acids is 1. The van der Waals surface area contributed by atoms with E-state index in [1.807, 2.05) is 36.1 Å². The molecule has 0 aliphatic heterocycles. The molecule has 1 aliphatic rings. The van der Waals surface area contributed by atoms with Crippen LogP contribution in [0.1, 0.15) is 31.7 Å². The number of nitrogens with zero attached hydrogens (tertiary/aromatic N) is 5. The molecule has 2 heterocycles. The van der Waals surface area contributed by atoms with E-state index >= 15 is 0 Å². The molecule has 1 amide bonds. The lowest BCUT2D eigenvalue weighted by molar-refractivity contribution is -0.122. The monoisotopic (exact) mass is 328 g/mol. The zero-order valence-electron chi connectivity index (χ0n) is 14.2. The van der Waals surface area contributed by atoms with Crippen molar-refractivity contribution in [3.8, 4) is 11.3 Å². The maximum atomic E-state index is 11.9. The molecule has 1 fully saturated rings. The number of rotatable bonds is 5. The topological polar surface area (TPSA) is 75.9 Å². The second-order valence-corrected chi connectivity index (χ2v) is 6.61. The molecule has 24 heavy (non-hydrogen) atoms.